The zero-order valence-corrected chi connectivity index (χ0v) is 8.17. The second kappa shape index (κ2) is 3.55. The normalized spacial score (nSPS) is 29.7. The van der Waals surface area contributed by atoms with Crippen molar-refractivity contribution in [3.05, 3.63) is 0 Å². The fourth-order valence-corrected chi connectivity index (χ4v) is 1.97. The van der Waals surface area contributed by atoms with Crippen molar-refractivity contribution in [2.24, 2.45) is 5.92 Å². The van der Waals surface area contributed by atoms with E-state index in [1.165, 1.54) is 13.0 Å². The molecule has 0 aromatic carbocycles. The van der Waals surface area contributed by atoms with E-state index in [1.807, 2.05) is 0 Å². The molecular formula is C9H20N2. The van der Waals surface area contributed by atoms with Gasteiger partial charge in [-0.1, -0.05) is 13.8 Å². The predicted molar refractivity (Wildman–Crippen MR) is 48.5 cm³/mol. The van der Waals surface area contributed by atoms with Crippen molar-refractivity contribution in [3.63, 3.8) is 0 Å². The topological polar surface area (TPSA) is 6.48 Å². The van der Waals surface area contributed by atoms with E-state index in [-0.39, 0.29) is 0 Å². The molecule has 1 aliphatic rings. The van der Waals surface area contributed by atoms with Gasteiger partial charge in [-0.05, 0) is 26.4 Å². The van der Waals surface area contributed by atoms with E-state index < -0.39 is 0 Å². The Kier molecular flexibility index (Phi) is 2.90. The number of rotatable bonds is 1. The Bertz CT molecular complexity index is 123. The van der Waals surface area contributed by atoms with E-state index in [9.17, 15) is 0 Å². The number of hydrogen-bond acceptors (Lipinski definition) is 2. The number of nitrogens with zero attached hydrogens (tertiary/aromatic N) is 2. The Morgan fingerprint density at radius 3 is 2.36 bits per heavy atom. The largest absolute Gasteiger partial charge is 0.293 e. The lowest BCUT2D eigenvalue weighted by Gasteiger charge is -2.39. The maximum absolute atomic E-state index is 2.45. The molecule has 1 rings (SSSR count). The van der Waals surface area contributed by atoms with E-state index in [4.69, 9.17) is 0 Å². The highest BCUT2D eigenvalue weighted by Gasteiger charge is 2.23. The average molecular weight is 156 g/mol. The Balaban J connectivity index is 2.44. The van der Waals surface area contributed by atoms with E-state index in [0.717, 1.165) is 18.6 Å². The fraction of sp³-hybridized carbons (Fsp3) is 1.00. The molecule has 0 spiro atoms. The zero-order chi connectivity index (χ0) is 8.43. The highest BCUT2D eigenvalue weighted by Crippen LogP contribution is 2.17. The van der Waals surface area contributed by atoms with Crippen LogP contribution in [0.25, 0.3) is 0 Å². The Labute approximate surface area is 70.2 Å². The van der Waals surface area contributed by atoms with Crippen LogP contribution in [0.1, 0.15) is 20.3 Å². The molecule has 66 valence electrons. The van der Waals surface area contributed by atoms with Crippen molar-refractivity contribution < 1.29 is 0 Å². The number of hydrogen-bond donors (Lipinski definition) is 0. The fourth-order valence-electron chi connectivity index (χ4n) is 1.97. The Morgan fingerprint density at radius 2 is 1.91 bits per heavy atom. The van der Waals surface area contributed by atoms with E-state index in [2.05, 4.69) is 37.7 Å². The van der Waals surface area contributed by atoms with Crippen molar-refractivity contribution in [1.29, 1.82) is 0 Å². The highest BCUT2D eigenvalue weighted by molar-refractivity contribution is 4.77. The minimum absolute atomic E-state index is 0.797. The van der Waals surface area contributed by atoms with Crippen LogP contribution in [0.2, 0.25) is 0 Å². The van der Waals surface area contributed by atoms with Gasteiger partial charge < -0.3 is 0 Å². The van der Waals surface area contributed by atoms with Crippen molar-refractivity contribution >= 4 is 0 Å². The monoisotopic (exact) mass is 156 g/mol. The summed E-state index contributed by atoms with van der Waals surface area (Å²) in [5.74, 6) is 0.800. The van der Waals surface area contributed by atoms with Gasteiger partial charge in [-0.2, -0.15) is 0 Å². The van der Waals surface area contributed by atoms with Gasteiger partial charge in [0.05, 0.1) is 6.67 Å². The molecule has 0 aromatic rings. The lowest BCUT2D eigenvalue weighted by atomic mass is 9.98. The maximum atomic E-state index is 2.45. The molecule has 2 nitrogen and oxygen atoms in total. The summed E-state index contributed by atoms with van der Waals surface area (Å²) in [5, 5.41) is 0. The maximum Gasteiger partial charge on any atom is 0.0503 e. The lowest BCUT2D eigenvalue weighted by molar-refractivity contribution is 0.0553. The molecule has 0 saturated carbocycles. The van der Waals surface area contributed by atoms with Crippen LogP contribution in [0.15, 0.2) is 0 Å². The summed E-state index contributed by atoms with van der Waals surface area (Å²) in [6, 6.07) is 0.797. The Hall–Kier alpha value is -0.0800. The molecule has 1 fully saturated rings. The van der Waals surface area contributed by atoms with Crippen LogP contribution in [-0.4, -0.2) is 43.2 Å². The van der Waals surface area contributed by atoms with Gasteiger partial charge in [0.2, 0.25) is 0 Å². The minimum Gasteiger partial charge on any atom is -0.293 e. The van der Waals surface area contributed by atoms with Crippen LogP contribution >= 0.6 is 0 Å². The van der Waals surface area contributed by atoms with Crippen molar-refractivity contribution in [2.75, 3.05) is 27.3 Å². The van der Waals surface area contributed by atoms with Gasteiger partial charge in [0.25, 0.3) is 0 Å². The summed E-state index contributed by atoms with van der Waals surface area (Å²) in [6.07, 6.45) is 1.32. The van der Waals surface area contributed by atoms with Crippen molar-refractivity contribution in [2.45, 2.75) is 26.3 Å². The van der Waals surface area contributed by atoms with Gasteiger partial charge in [0.1, 0.15) is 0 Å². The summed E-state index contributed by atoms with van der Waals surface area (Å²) in [5.41, 5.74) is 0. The smallest absolute Gasteiger partial charge is 0.0503 e. The first-order valence-corrected chi connectivity index (χ1v) is 4.50. The quantitative estimate of drug-likeness (QED) is 0.563. The average Bonchev–Trinajstić information content (AvgIpc) is 1.85. The molecule has 0 amide bonds. The molecule has 0 radical (unpaired) electrons. The van der Waals surface area contributed by atoms with Gasteiger partial charge >= 0.3 is 0 Å². The third-order valence-corrected chi connectivity index (χ3v) is 2.61. The molecule has 1 saturated heterocycles. The first-order chi connectivity index (χ1) is 5.11. The third-order valence-electron chi connectivity index (χ3n) is 2.61. The molecule has 0 N–H and O–H groups in total. The summed E-state index contributed by atoms with van der Waals surface area (Å²) >= 11 is 0. The first-order valence-electron chi connectivity index (χ1n) is 4.50. The predicted octanol–water partition coefficient (Wildman–Crippen LogP) is 1.24. The van der Waals surface area contributed by atoms with Gasteiger partial charge in [0, 0.05) is 12.6 Å². The van der Waals surface area contributed by atoms with Crippen molar-refractivity contribution in [1.82, 2.24) is 9.80 Å². The molecule has 1 aliphatic heterocycles. The molecule has 1 heterocycles. The summed E-state index contributed by atoms with van der Waals surface area (Å²) in [4.78, 5) is 4.83. The van der Waals surface area contributed by atoms with Gasteiger partial charge in [-0.15, -0.1) is 0 Å². The second-order valence-electron chi connectivity index (χ2n) is 4.08. The molecule has 2 heteroatoms. The third kappa shape index (κ3) is 2.17. The van der Waals surface area contributed by atoms with E-state index in [1.54, 1.807) is 0 Å². The highest BCUT2D eigenvalue weighted by atomic mass is 15.3. The molecule has 1 atom stereocenters. The summed E-state index contributed by atoms with van der Waals surface area (Å²) < 4.78 is 0. The van der Waals surface area contributed by atoms with Crippen LogP contribution < -0.4 is 0 Å². The first kappa shape index (κ1) is 9.01. The lowest BCUT2D eigenvalue weighted by Crippen LogP contribution is -2.48. The molecule has 11 heavy (non-hydrogen) atoms. The molecule has 1 unspecified atom stereocenters. The molecule has 0 bridgehead atoms. The zero-order valence-electron chi connectivity index (χ0n) is 8.17. The van der Waals surface area contributed by atoms with Crippen LogP contribution in [0.4, 0.5) is 0 Å². The van der Waals surface area contributed by atoms with Crippen LogP contribution in [0.5, 0.6) is 0 Å². The van der Waals surface area contributed by atoms with Crippen LogP contribution in [0.3, 0.4) is 0 Å². The second-order valence-corrected chi connectivity index (χ2v) is 4.08. The standard InChI is InChI=1S/C9H20N2/c1-8(2)9-5-6-10(3)7-11(9)4/h8-9H,5-7H2,1-4H3. The SMILES string of the molecule is CC(C)C1CCN(C)CN1C. The van der Waals surface area contributed by atoms with E-state index in [0.29, 0.717) is 0 Å². The van der Waals surface area contributed by atoms with Crippen LogP contribution in [-0.2, 0) is 0 Å². The van der Waals surface area contributed by atoms with Gasteiger partial charge in [-0.3, -0.25) is 9.80 Å². The molecule has 0 aliphatic carbocycles. The van der Waals surface area contributed by atoms with Crippen LogP contribution in [0, 0.1) is 5.92 Å². The molecule has 0 aromatic heterocycles. The van der Waals surface area contributed by atoms with E-state index >= 15 is 0 Å². The van der Waals surface area contributed by atoms with Gasteiger partial charge in [-0.25, -0.2) is 0 Å². The Morgan fingerprint density at radius 1 is 1.27 bits per heavy atom. The summed E-state index contributed by atoms with van der Waals surface area (Å²) in [7, 11) is 4.41. The summed E-state index contributed by atoms with van der Waals surface area (Å²) in [6.45, 7) is 7.01. The van der Waals surface area contributed by atoms with Crippen molar-refractivity contribution in [3.8, 4) is 0 Å². The molecular weight excluding hydrogens is 136 g/mol. The minimum atomic E-state index is 0.797. The van der Waals surface area contributed by atoms with Gasteiger partial charge in [0.15, 0.2) is 0 Å².